The van der Waals surface area contributed by atoms with Crippen molar-refractivity contribution in [3.63, 3.8) is 0 Å². The van der Waals surface area contributed by atoms with Gasteiger partial charge in [0.2, 0.25) is 0 Å². The van der Waals surface area contributed by atoms with Gasteiger partial charge in [0.1, 0.15) is 5.69 Å². The van der Waals surface area contributed by atoms with Gasteiger partial charge in [0.25, 0.3) is 0 Å². The standard InChI is InChI=1S/C14H20N4O/c15-14(18-19)13-11(2-1-5-16-13)8-17-12-7-9-3-4-10(12)6-9/h1-2,5,9-10,12,17,19H,3-4,6-8H2,(H2,15,18). The van der Waals surface area contributed by atoms with E-state index >= 15 is 0 Å². The number of fused-ring (bicyclic) bond motifs is 2. The monoisotopic (exact) mass is 260 g/mol. The first-order valence-corrected chi connectivity index (χ1v) is 6.93. The van der Waals surface area contributed by atoms with Crippen molar-refractivity contribution in [1.29, 1.82) is 0 Å². The van der Waals surface area contributed by atoms with E-state index in [1.165, 1.54) is 25.7 Å². The zero-order valence-electron chi connectivity index (χ0n) is 10.9. The summed E-state index contributed by atoms with van der Waals surface area (Å²) in [6, 6.07) is 4.48. The first-order valence-electron chi connectivity index (χ1n) is 6.93. The Kier molecular flexibility index (Phi) is 3.38. The van der Waals surface area contributed by atoms with E-state index in [2.05, 4.69) is 15.5 Å². The number of hydrogen-bond donors (Lipinski definition) is 3. The Bertz CT molecular complexity index is 488. The van der Waals surface area contributed by atoms with Crippen molar-refractivity contribution in [2.75, 3.05) is 0 Å². The first kappa shape index (κ1) is 12.4. The number of oxime groups is 1. The predicted molar refractivity (Wildman–Crippen MR) is 72.8 cm³/mol. The molecule has 0 amide bonds. The van der Waals surface area contributed by atoms with Crippen molar-refractivity contribution in [1.82, 2.24) is 10.3 Å². The molecule has 2 saturated carbocycles. The molecule has 0 aromatic carbocycles. The van der Waals surface area contributed by atoms with Crippen molar-refractivity contribution in [3.8, 4) is 0 Å². The lowest BCUT2D eigenvalue weighted by Gasteiger charge is -2.23. The first-order chi connectivity index (χ1) is 9.28. The maximum absolute atomic E-state index is 8.78. The van der Waals surface area contributed by atoms with Crippen LogP contribution in [-0.4, -0.2) is 22.1 Å². The second-order valence-corrected chi connectivity index (χ2v) is 5.66. The number of nitrogens with zero attached hydrogens (tertiary/aromatic N) is 2. The van der Waals surface area contributed by atoms with Crippen LogP contribution in [0.15, 0.2) is 23.5 Å². The number of rotatable bonds is 4. The highest BCUT2D eigenvalue weighted by Crippen LogP contribution is 2.44. The van der Waals surface area contributed by atoms with Gasteiger partial charge in [0.05, 0.1) is 0 Å². The zero-order valence-corrected chi connectivity index (χ0v) is 10.9. The molecule has 2 aliphatic rings. The highest BCUT2D eigenvalue weighted by atomic mass is 16.4. The molecule has 0 aliphatic heterocycles. The highest BCUT2D eigenvalue weighted by Gasteiger charge is 2.39. The third-order valence-corrected chi connectivity index (χ3v) is 4.53. The number of nitrogens with two attached hydrogens (primary N) is 1. The summed E-state index contributed by atoms with van der Waals surface area (Å²) in [6.07, 6.45) is 7.11. The quantitative estimate of drug-likeness (QED) is 0.331. The van der Waals surface area contributed by atoms with Crippen LogP contribution in [0.5, 0.6) is 0 Å². The molecule has 0 saturated heterocycles. The Balaban J connectivity index is 1.67. The Morgan fingerprint density at radius 3 is 3.05 bits per heavy atom. The zero-order chi connectivity index (χ0) is 13.2. The van der Waals surface area contributed by atoms with E-state index in [9.17, 15) is 0 Å². The van der Waals surface area contributed by atoms with Crippen molar-refractivity contribution in [2.24, 2.45) is 22.7 Å². The molecule has 3 atom stereocenters. The van der Waals surface area contributed by atoms with Gasteiger partial charge in [0, 0.05) is 18.8 Å². The molecule has 2 bridgehead atoms. The van der Waals surface area contributed by atoms with Gasteiger partial charge in [-0.2, -0.15) is 0 Å². The lowest BCUT2D eigenvalue weighted by atomic mass is 9.95. The molecule has 0 spiro atoms. The Morgan fingerprint density at radius 1 is 1.47 bits per heavy atom. The van der Waals surface area contributed by atoms with E-state index < -0.39 is 0 Å². The van der Waals surface area contributed by atoms with Crippen LogP contribution in [0.2, 0.25) is 0 Å². The summed E-state index contributed by atoms with van der Waals surface area (Å²) in [6.45, 7) is 0.729. The van der Waals surface area contributed by atoms with Gasteiger partial charge in [-0.05, 0) is 42.7 Å². The molecule has 5 heteroatoms. The fraction of sp³-hybridized carbons (Fsp3) is 0.571. The third kappa shape index (κ3) is 2.42. The minimum Gasteiger partial charge on any atom is -0.409 e. The topological polar surface area (TPSA) is 83.5 Å². The van der Waals surface area contributed by atoms with Crippen LogP contribution < -0.4 is 11.1 Å². The molecule has 0 radical (unpaired) electrons. The Morgan fingerprint density at radius 2 is 2.37 bits per heavy atom. The lowest BCUT2D eigenvalue weighted by Crippen LogP contribution is -2.34. The average Bonchev–Trinajstić information content (AvgIpc) is 3.07. The smallest absolute Gasteiger partial charge is 0.189 e. The molecule has 4 N–H and O–H groups in total. The molecule has 3 rings (SSSR count). The molecule has 2 fully saturated rings. The van der Waals surface area contributed by atoms with E-state index in [0.29, 0.717) is 11.7 Å². The molecular weight excluding hydrogens is 240 g/mol. The maximum Gasteiger partial charge on any atom is 0.189 e. The van der Waals surface area contributed by atoms with Gasteiger partial charge in [-0.15, -0.1) is 0 Å². The van der Waals surface area contributed by atoms with Gasteiger partial charge >= 0.3 is 0 Å². The van der Waals surface area contributed by atoms with Gasteiger partial charge in [0.15, 0.2) is 5.84 Å². The number of amidine groups is 1. The average molecular weight is 260 g/mol. The van der Waals surface area contributed by atoms with Crippen molar-refractivity contribution in [3.05, 3.63) is 29.6 Å². The van der Waals surface area contributed by atoms with Gasteiger partial charge in [-0.25, -0.2) is 0 Å². The van der Waals surface area contributed by atoms with E-state index in [4.69, 9.17) is 10.9 Å². The summed E-state index contributed by atoms with van der Waals surface area (Å²) in [4.78, 5) is 4.19. The largest absolute Gasteiger partial charge is 0.409 e. The van der Waals surface area contributed by atoms with Crippen molar-refractivity contribution in [2.45, 2.75) is 38.3 Å². The molecule has 19 heavy (non-hydrogen) atoms. The molecule has 1 heterocycles. The van der Waals surface area contributed by atoms with Crippen LogP contribution in [0, 0.1) is 11.8 Å². The van der Waals surface area contributed by atoms with Crippen LogP contribution >= 0.6 is 0 Å². The molecule has 3 unspecified atom stereocenters. The van der Waals surface area contributed by atoms with Crippen LogP contribution in [0.3, 0.4) is 0 Å². The number of aromatic nitrogens is 1. The molecule has 5 nitrogen and oxygen atoms in total. The normalized spacial score (nSPS) is 29.9. The SMILES string of the molecule is NC(=NO)c1ncccc1CNC1CC2CCC1C2. The molecule has 102 valence electrons. The molecular formula is C14H20N4O. The van der Waals surface area contributed by atoms with Gasteiger partial charge < -0.3 is 16.3 Å². The minimum atomic E-state index is 0.0744. The summed E-state index contributed by atoms with van der Waals surface area (Å²) in [5.41, 5.74) is 7.21. The van der Waals surface area contributed by atoms with Crippen LogP contribution in [0.1, 0.15) is 36.9 Å². The number of nitrogens with one attached hydrogen (secondary N) is 1. The minimum absolute atomic E-state index is 0.0744. The Labute approximate surface area is 112 Å². The van der Waals surface area contributed by atoms with Crippen molar-refractivity contribution < 1.29 is 5.21 Å². The van der Waals surface area contributed by atoms with Gasteiger partial charge in [-0.1, -0.05) is 17.6 Å². The van der Waals surface area contributed by atoms with Crippen LogP contribution in [0.4, 0.5) is 0 Å². The summed E-state index contributed by atoms with van der Waals surface area (Å²) < 4.78 is 0. The Hall–Kier alpha value is -1.62. The number of pyridine rings is 1. The van der Waals surface area contributed by atoms with Gasteiger partial charge in [-0.3, -0.25) is 4.98 Å². The van der Waals surface area contributed by atoms with E-state index in [1.54, 1.807) is 6.20 Å². The number of hydrogen-bond acceptors (Lipinski definition) is 4. The lowest BCUT2D eigenvalue weighted by molar-refractivity contribution is 0.318. The summed E-state index contributed by atoms with van der Waals surface area (Å²) in [7, 11) is 0. The molecule has 1 aromatic heterocycles. The van der Waals surface area contributed by atoms with Crippen LogP contribution in [-0.2, 0) is 6.54 Å². The third-order valence-electron chi connectivity index (χ3n) is 4.53. The predicted octanol–water partition coefficient (Wildman–Crippen LogP) is 1.45. The van der Waals surface area contributed by atoms with Crippen LogP contribution in [0.25, 0.3) is 0 Å². The summed E-state index contributed by atoms with van der Waals surface area (Å²) >= 11 is 0. The maximum atomic E-state index is 8.78. The molecule has 1 aromatic rings. The molecule has 2 aliphatic carbocycles. The fourth-order valence-electron chi connectivity index (χ4n) is 3.60. The fourth-order valence-corrected chi connectivity index (χ4v) is 3.60. The van der Waals surface area contributed by atoms with E-state index in [-0.39, 0.29) is 5.84 Å². The van der Waals surface area contributed by atoms with E-state index in [1.807, 2.05) is 12.1 Å². The van der Waals surface area contributed by atoms with Crippen molar-refractivity contribution >= 4 is 5.84 Å². The second kappa shape index (κ2) is 5.17. The van der Waals surface area contributed by atoms with E-state index in [0.717, 1.165) is 23.9 Å². The highest BCUT2D eigenvalue weighted by molar-refractivity contribution is 5.96. The summed E-state index contributed by atoms with van der Waals surface area (Å²) in [5, 5.41) is 15.4. The summed E-state index contributed by atoms with van der Waals surface area (Å²) in [5.74, 6) is 1.85. The second-order valence-electron chi connectivity index (χ2n) is 5.66.